The van der Waals surface area contributed by atoms with E-state index < -0.39 is 11.4 Å². The van der Waals surface area contributed by atoms with Gasteiger partial charge in [-0.1, -0.05) is 34.4 Å². The molecular weight excluding hydrogens is 548 g/mol. The van der Waals surface area contributed by atoms with Crippen molar-refractivity contribution >= 4 is 44.8 Å². The maximum Gasteiger partial charge on any atom is 0.151 e. The maximum absolute atomic E-state index is 14.5. The summed E-state index contributed by atoms with van der Waals surface area (Å²) in [5.74, 6) is 0.739. The Bertz CT molecular complexity index is 1610. The van der Waals surface area contributed by atoms with Gasteiger partial charge in [0.15, 0.2) is 5.82 Å². The van der Waals surface area contributed by atoms with Crippen LogP contribution in [0.4, 0.5) is 4.39 Å². The molecule has 6 nitrogen and oxygen atoms in total. The van der Waals surface area contributed by atoms with Crippen molar-refractivity contribution in [2.45, 2.75) is 56.3 Å². The van der Waals surface area contributed by atoms with Gasteiger partial charge in [-0.3, -0.25) is 0 Å². The van der Waals surface area contributed by atoms with Crippen molar-refractivity contribution in [2.24, 2.45) is 11.8 Å². The molecule has 7 rings (SSSR count). The number of aliphatic hydroxyl groups is 1. The van der Waals surface area contributed by atoms with E-state index in [0.717, 1.165) is 30.6 Å². The quantitative estimate of drug-likeness (QED) is 0.261. The van der Waals surface area contributed by atoms with Crippen LogP contribution >= 0.6 is 34.5 Å². The number of nitrogens with zero attached hydrogens (tertiary/aromatic N) is 3. The molecule has 0 aliphatic heterocycles. The second-order valence-electron chi connectivity index (χ2n) is 10.6. The number of benzene rings is 2. The molecule has 4 aromatic rings. The van der Waals surface area contributed by atoms with Crippen LogP contribution in [0.2, 0.25) is 10.0 Å². The average Bonchev–Trinajstić information content (AvgIpc) is 3.21. The molecule has 2 aromatic carbocycles. The zero-order chi connectivity index (χ0) is 26.2. The second kappa shape index (κ2) is 9.00. The lowest BCUT2D eigenvalue weighted by Crippen LogP contribution is -2.37. The molecule has 4 atom stereocenters. The Labute approximate surface area is 231 Å². The van der Waals surface area contributed by atoms with E-state index in [-0.39, 0.29) is 29.0 Å². The van der Waals surface area contributed by atoms with E-state index in [1.54, 1.807) is 24.3 Å². The third kappa shape index (κ3) is 3.87. The van der Waals surface area contributed by atoms with Gasteiger partial charge in [0.2, 0.25) is 0 Å². The summed E-state index contributed by atoms with van der Waals surface area (Å²) in [6.45, 7) is 0.321. The van der Waals surface area contributed by atoms with Crippen molar-refractivity contribution in [3.63, 3.8) is 0 Å². The van der Waals surface area contributed by atoms with E-state index in [1.807, 2.05) is 6.07 Å². The lowest BCUT2D eigenvalue weighted by atomic mass is 9.83. The van der Waals surface area contributed by atoms with Crippen molar-refractivity contribution < 1.29 is 18.8 Å². The minimum absolute atomic E-state index is 0.0342. The number of thiazole rings is 1. The molecule has 2 heterocycles. The van der Waals surface area contributed by atoms with E-state index in [1.165, 1.54) is 17.4 Å². The van der Waals surface area contributed by atoms with E-state index in [4.69, 9.17) is 37.7 Å². The van der Waals surface area contributed by atoms with Gasteiger partial charge in [-0.15, -0.1) is 11.3 Å². The Morgan fingerprint density at radius 2 is 2.03 bits per heavy atom. The van der Waals surface area contributed by atoms with Gasteiger partial charge < -0.3 is 14.4 Å². The summed E-state index contributed by atoms with van der Waals surface area (Å²) < 4.78 is 27.3. The van der Waals surface area contributed by atoms with Crippen molar-refractivity contribution in [3.05, 3.63) is 68.1 Å². The molecule has 3 aliphatic carbocycles. The standard InChI is InChI=1S/C28H22Cl2FN3O3S/c29-18-2-1-3-19(30)23(18)24-17(26(37-34-24)14-4-5-14)12-36-21-9-16-8-15(21)10-28(16,35)27-33-25-20(31)6-13(11-32)7-22(25)38-27/h1-3,6-7,14-16,21,35H,4-5,8-10,12H2/t15-,16-,21?,28+/m1/s1. The van der Waals surface area contributed by atoms with Gasteiger partial charge in [0.05, 0.1) is 39.1 Å². The van der Waals surface area contributed by atoms with E-state index in [0.29, 0.717) is 56.4 Å². The summed E-state index contributed by atoms with van der Waals surface area (Å²) >= 11 is 14.2. The maximum atomic E-state index is 14.5. The first kappa shape index (κ1) is 24.5. The van der Waals surface area contributed by atoms with Gasteiger partial charge in [0.1, 0.15) is 27.6 Å². The molecule has 1 N–H and O–H groups in total. The van der Waals surface area contributed by atoms with Gasteiger partial charge in [-0.2, -0.15) is 5.26 Å². The predicted molar refractivity (Wildman–Crippen MR) is 142 cm³/mol. The van der Waals surface area contributed by atoms with Gasteiger partial charge in [0.25, 0.3) is 0 Å². The number of ether oxygens (including phenoxy) is 1. The van der Waals surface area contributed by atoms with Crippen LogP contribution in [0.3, 0.4) is 0 Å². The molecule has 194 valence electrons. The van der Waals surface area contributed by atoms with Crippen LogP contribution in [-0.4, -0.2) is 21.4 Å². The van der Waals surface area contributed by atoms with Crippen LogP contribution in [-0.2, 0) is 16.9 Å². The molecule has 3 aliphatic rings. The first-order valence-electron chi connectivity index (χ1n) is 12.6. The zero-order valence-corrected chi connectivity index (χ0v) is 22.4. The number of halogens is 3. The molecule has 0 spiro atoms. The fraction of sp³-hybridized carbons (Fsp3) is 0.393. The second-order valence-corrected chi connectivity index (χ2v) is 12.4. The molecule has 0 saturated heterocycles. The average molecular weight is 570 g/mol. The molecule has 10 heteroatoms. The van der Waals surface area contributed by atoms with E-state index >= 15 is 0 Å². The van der Waals surface area contributed by atoms with Gasteiger partial charge >= 0.3 is 0 Å². The summed E-state index contributed by atoms with van der Waals surface area (Å²) in [7, 11) is 0. The Morgan fingerprint density at radius 3 is 2.71 bits per heavy atom. The summed E-state index contributed by atoms with van der Waals surface area (Å²) in [6.07, 6.45) is 4.06. The normalized spacial score (nSPS) is 26.3. The molecule has 1 unspecified atom stereocenters. The molecule has 0 amide bonds. The lowest BCUT2D eigenvalue weighted by Gasteiger charge is -2.34. The van der Waals surface area contributed by atoms with Crippen LogP contribution in [0, 0.1) is 29.0 Å². The van der Waals surface area contributed by atoms with Gasteiger partial charge in [-0.05, 0) is 68.2 Å². The van der Waals surface area contributed by atoms with Crippen LogP contribution in [0.5, 0.6) is 0 Å². The number of aromatic nitrogens is 2. The minimum Gasteiger partial charge on any atom is -0.382 e. The highest BCUT2D eigenvalue weighted by Gasteiger charge is 2.57. The summed E-state index contributed by atoms with van der Waals surface area (Å²) in [5.41, 5.74) is 1.48. The number of fused-ring (bicyclic) bond motifs is 3. The molecule has 2 bridgehead atoms. The summed E-state index contributed by atoms with van der Waals surface area (Å²) in [5, 5.41) is 26.7. The highest BCUT2D eigenvalue weighted by atomic mass is 35.5. The van der Waals surface area contributed by atoms with E-state index in [2.05, 4.69) is 10.1 Å². The minimum atomic E-state index is -1.12. The van der Waals surface area contributed by atoms with Crippen LogP contribution in [0.15, 0.2) is 34.9 Å². The first-order valence-corrected chi connectivity index (χ1v) is 14.2. The largest absolute Gasteiger partial charge is 0.382 e. The van der Waals surface area contributed by atoms with E-state index in [9.17, 15) is 9.50 Å². The Balaban J connectivity index is 1.12. The smallest absolute Gasteiger partial charge is 0.151 e. The molecule has 2 aromatic heterocycles. The Morgan fingerprint density at radius 1 is 1.24 bits per heavy atom. The number of rotatable bonds is 6. The predicted octanol–water partition coefficient (Wildman–Crippen LogP) is 7.35. The lowest BCUT2D eigenvalue weighted by molar-refractivity contribution is -0.0726. The van der Waals surface area contributed by atoms with Gasteiger partial charge in [0, 0.05) is 17.0 Å². The monoisotopic (exact) mass is 569 g/mol. The van der Waals surface area contributed by atoms with Crippen LogP contribution < -0.4 is 0 Å². The van der Waals surface area contributed by atoms with Crippen LogP contribution in [0.25, 0.3) is 21.5 Å². The Kier molecular flexibility index (Phi) is 5.80. The van der Waals surface area contributed by atoms with Crippen molar-refractivity contribution in [1.82, 2.24) is 10.1 Å². The molecular formula is C28H22Cl2FN3O3S. The number of hydrogen-bond donors (Lipinski definition) is 1. The van der Waals surface area contributed by atoms with Crippen LogP contribution in [0.1, 0.15) is 59.9 Å². The first-order chi connectivity index (χ1) is 18.4. The topological polar surface area (TPSA) is 92.2 Å². The number of hydrogen-bond acceptors (Lipinski definition) is 7. The summed E-state index contributed by atoms with van der Waals surface area (Å²) in [4.78, 5) is 4.47. The van der Waals surface area contributed by atoms with Gasteiger partial charge in [-0.25, -0.2) is 9.37 Å². The molecule has 3 fully saturated rings. The highest BCUT2D eigenvalue weighted by molar-refractivity contribution is 7.18. The fourth-order valence-electron chi connectivity index (χ4n) is 6.20. The SMILES string of the molecule is N#Cc1cc(F)c2nc([C@]3(O)C[C@H]4C[C@@H]3CC4OCc3c(-c4c(Cl)cccc4Cl)noc3C3CC3)sc2c1. The highest BCUT2D eigenvalue weighted by Crippen LogP contribution is 2.57. The van der Waals surface area contributed by atoms with Crippen molar-refractivity contribution in [1.29, 1.82) is 5.26 Å². The van der Waals surface area contributed by atoms with Crippen molar-refractivity contribution in [3.8, 4) is 17.3 Å². The third-order valence-electron chi connectivity index (χ3n) is 8.23. The Hall–Kier alpha value is -2.54. The fourth-order valence-corrected chi connectivity index (χ4v) is 7.97. The third-order valence-corrected chi connectivity index (χ3v) is 10.0. The molecule has 38 heavy (non-hydrogen) atoms. The zero-order valence-electron chi connectivity index (χ0n) is 20.1. The van der Waals surface area contributed by atoms with Crippen molar-refractivity contribution in [2.75, 3.05) is 0 Å². The summed E-state index contributed by atoms with van der Waals surface area (Å²) in [6, 6.07) is 10.1. The molecule has 3 saturated carbocycles. The number of nitriles is 1. The molecule has 0 radical (unpaired) electrons.